The van der Waals surface area contributed by atoms with Crippen LogP contribution in [-0.2, 0) is 14.2 Å². The third-order valence-electron chi connectivity index (χ3n) is 7.36. The van der Waals surface area contributed by atoms with Crippen LogP contribution in [0.25, 0.3) is 0 Å². The highest BCUT2D eigenvalue weighted by molar-refractivity contribution is 5.68. The van der Waals surface area contributed by atoms with Crippen LogP contribution in [0.2, 0.25) is 0 Å². The fourth-order valence-electron chi connectivity index (χ4n) is 5.61. The number of hydrogen-bond acceptors (Lipinski definition) is 7. The number of morpholine rings is 1. The van der Waals surface area contributed by atoms with Gasteiger partial charge in [-0.3, -0.25) is 0 Å². The summed E-state index contributed by atoms with van der Waals surface area (Å²) in [6, 6.07) is 5.80. The van der Waals surface area contributed by atoms with Gasteiger partial charge in [0.15, 0.2) is 0 Å². The number of carbonyl (C=O) groups is 1. The van der Waals surface area contributed by atoms with Crippen LogP contribution in [0.15, 0.2) is 29.8 Å². The number of aliphatic hydroxyl groups excluding tert-OH is 1. The lowest BCUT2D eigenvalue weighted by Gasteiger charge is -2.55. The lowest BCUT2D eigenvalue weighted by atomic mass is 9.69. The SMILES string of the molecule is CC(C)=CCC[C@]1(C)Oc2cc(OCCO)ccc2[C@H]2OC[C@@]3(C[C@@H]21)CN(C(=O)OC(C)(C)C)CCO3. The Morgan fingerprint density at radius 2 is 2.08 bits per heavy atom. The summed E-state index contributed by atoms with van der Waals surface area (Å²) in [6.07, 6.45) is 4.18. The predicted octanol–water partition coefficient (Wildman–Crippen LogP) is 5.04. The Morgan fingerprint density at radius 3 is 2.78 bits per heavy atom. The highest BCUT2D eigenvalue weighted by Crippen LogP contribution is 2.54. The molecule has 8 nitrogen and oxygen atoms in total. The maximum Gasteiger partial charge on any atom is 0.410 e. The van der Waals surface area contributed by atoms with Crippen molar-refractivity contribution in [2.45, 2.75) is 83.7 Å². The van der Waals surface area contributed by atoms with Gasteiger partial charge in [0.1, 0.15) is 34.9 Å². The van der Waals surface area contributed by atoms with Crippen molar-refractivity contribution < 1.29 is 33.6 Å². The molecule has 0 bridgehead atoms. The summed E-state index contributed by atoms with van der Waals surface area (Å²) >= 11 is 0. The number of aliphatic hydroxyl groups is 1. The van der Waals surface area contributed by atoms with Crippen molar-refractivity contribution in [2.75, 3.05) is 39.5 Å². The molecule has 3 aliphatic heterocycles. The van der Waals surface area contributed by atoms with Crippen molar-refractivity contribution in [3.05, 3.63) is 35.4 Å². The van der Waals surface area contributed by atoms with Crippen LogP contribution in [0, 0.1) is 5.92 Å². The smallest absolute Gasteiger partial charge is 0.410 e. The van der Waals surface area contributed by atoms with E-state index in [0.717, 1.165) is 24.2 Å². The molecule has 0 saturated carbocycles. The molecular formula is C29H43NO7. The molecule has 3 heterocycles. The highest BCUT2D eigenvalue weighted by Gasteiger charge is 2.55. The fourth-order valence-corrected chi connectivity index (χ4v) is 5.61. The van der Waals surface area contributed by atoms with Crippen molar-refractivity contribution in [1.29, 1.82) is 0 Å². The van der Waals surface area contributed by atoms with Gasteiger partial charge in [-0.05, 0) is 72.9 Å². The largest absolute Gasteiger partial charge is 0.491 e. The summed E-state index contributed by atoms with van der Waals surface area (Å²) in [6.45, 7) is 13.9. The van der Waals surface area contributed by atoms with Gasteiger partial charge in [-0.25, -0.2) is 4.79 Å². The van der Waals surface area contributed by atoms with Gasteiger partial charge in [0.25, 0.3) is 0 Å². The second-order valence-electron chi connectivity index (χ2n) is 12.0. The number of carbonyl (C=O) groups excluding carboxylic acids is 1. The summed E-state index contributed by atoms with van der Waals surface area (Å²) in [5, 5.41) is 9.15. The van der Waals surface area contributed by atoms with E-state index < -0.39 is 16.8 Å². The first-order valence-corrected chi connectivity index (χ1v) is 13.4. The topological polar surface area (TPSA) is 86.7 Å². The zero-order valence-corrected chi connectivity index (χ0v) is 23.2. The number of rotatable bonds is 6. The standard InChI is InChI=1S/C29H43NO7/c1-20(2)8-7-11-28(6)23-17-29(18-30(12-14-35-29)26(32)37-27(3,4)5)19-34-25(23)22-10-9-21(33-15-13-31)16-24(22)36-28/h8-10,16,23,25,31H,7,11-15,17-19H2,1-6H3/t23-,25+,28-,29+/m0/s1. The Morgan fingerprint density at radius 1 is 1.30 bits per heavy atom. The number of benzene rings is 1. The molecule has 2 saturated heterocycles. The molecule has 1 aromatic carbocycles. The quantitative estimate of drug-likeness (QED) is 0.529. The zero-order valence-electron chi connectivity index (χ0n) is 23.2. The summed E-state index contributed by atoms with van der Waals surface area (Å²) in [5.41, 5.74) is 0.594. The van der Waals surface area contributed by atoms with E-state index in [4.69, 9.17) is 28.8 Å². The molecule has 8 heteroatoms. The van der Waals surface area contributed by atoms with Gasteiger partial charge in [-0.15, -0.1) is 0 Å². The van der Waals surface area contributed by atoms with E-state index in [1.54, 1.807) is 4.90 Å². The average Bonchev–Trinajstić information content (AvgIpc) is 2.81. The second-order valence-corrected chi connectivity index (χ2v) is 12.0. The van der Waals surface area contributed by atoms with E-state index in [1.807, 2.05) is 39.0 Å². The minimum absolute atomic E-state index is 0.0297. The number of ether oxygens (including phenoxy) is 5. The summed E-state index contributed by atoms with van der Waals surface area (Å²) < 4.78 is 31.0. The van der Waals surface area contributed by atoms with E-state index in [2.05, 4.69) is 26.8 Å². The van der Waals surface area contributed by atoms with Crippen molar-refractivity contribution in [3.63, 3.8) is 0 Å². The molecule has 37 heavy (non-hydrogen) atoms. The summed E-state index contributed by atoms with van der Waals surface area (Å²) in [4.78, 5) is 14.6. The predicted molar refractivity (Wildman–Crippen MR) is 140 cm³/mol. The van der Waals surface area contributed by atoms with Crippen LogP contribution in [0.1, 0.15) is 72.5 Å². The van der Waals surface area contributed by atoms with Crippen LogP contribution in [0.3, 0.4) is 0 Å². The molecule has 0 aliphatic carbocycles. The molecule has 0 unspecified atom stereocenters. The van der Waals surface area contributed by atoms with Gasteiger partial charge in [0.05, 0.1) is 32.5 Å². The van der Waals surface area contributed by atoms with Gasteiger partial charge in [-0.1, -0.05) is 11.6 Å². The molecule has 206 valence electrons. The van der Waals surface area contributed by atoms with Crippen LogP contribution in [0.5, 0.6) is 11.5 Å². The van der Waals surface area contributed by atoms with Crippen molar-refractivity contribution in [3.8, 4) is 11.5 Å². The second kappa shape index (κ2) is 10.8. The first-order valence-electron chi connectivity index (χ1n) is 13.4. The van der Waals surface area contributed by atoms with E-state index in [1.165, 1.54) is 5.57 Å². The Hall–Kier alpha value is -2.29. The van der Waals surface area contributed by atoms with Gasteiger partial charge in [0, 0.05) is 24.1 Å². The maximum absolute atomic E-state index is 12.9. The van der Waals surface area contributed by atoms with Crippen molar-refractivity contribution in [1.82, 2.24) is 4.90 Å². The van der Waals surface area contributed by atoms with Gasteiger partial charge in [-0.2, -0.15) is 0 Å². The molecule has 0 radical (unpaired) electrons. The minimum Gasteiger partial charge on any atom is -0.491 e. The molecule has 4 rings (SSSR count). The first-order chi connectivity index (χ1) is 17.4. The Kier molecular flexibility index (Phi) is 8.12. The number of amides is 1. The average molecular weight is 518 g/mol. The van der Waals surface area contributed by atoms with Gasteiger partial charge >= 0.3 is 6.09 Å². The molecule has 1 amide bonds. The lowest BCUT2D eigenvalue weighted by molar-refractivity contribution is -0.231. The Labute approximate surface area is 220 Å². The molecule has 0 aromatic heterocycles. The lowest BCUT2D eigenvalue weighted by Crippen LogP contribution is -2.63. The normalized spacial score (nSPS) is 29.1. The third-order valence-corrected chi connectivity index (χ3v) is 7.36. The highest BCUT2D eigenvalue weighted by atomic mass is 16.6. The van der Waals surface area contributed by atoms with E-state index in [0.29, 0.717) is 38.5 Å². The fraction of sp³-hybridized carbons (Fsp3) is 0.690. The van der Waals surface area contributed by atoms with E-state index >= 15 is 0 Å². The Balaban J connectivity index is 1.60. The van der Waals surface area contributed by atoms with Crippen molar-refractivity contribution >= 4 is 6.09 Å². The molecule has 1 aromatic rings. The van der Waals surface area contributed by atoms with Gasteiger partial charge in [0.2, 0.25) is 0 Å². The molecule has 1 spiro atoms. The molecule has 3 aliphatic rings. The van der Waals surface area contributed by atoms with Crippen LogP contribution >= 0.6 is 0 Å². The zero-order chi connectivity index (χ0) is 26.8. The number of nitrogens with zero attached hydrogens (tertiary/aromatic N) is 1. The monoisotopic (exact) mass is 517 g/mol. The van der Waals surface area contributed by atoms with E-state index in [9.17, 15) is 4.79 Å². The first kappa shape index (κ1) is 27.7. The summed E-state index contributed by atoms with van der Waals surface area (Å²) in [7, 11) is 0. The Bertz CT molecular complexity index is 998. The van der Waals surface area contributed by atoms with Crippen LogP contribution < -0.4 is 9.47 Å². The molecule has 4 atom stereocenters. The number of hydrogen-bond donors (Lipinski definition) is 1. The number of allylic oxidation sites excluding steroid dienone is 2. The van der Waals surface area contributed by atoms with Crippen molar-refractivity contribution in [2.24, 2.45) is 5.92 Å². The molecule has 1 N–H and O–H groups in total. The third kappa shape index (κ3) is 6.41. The van der Waals surface area contributed by atoms with Crippen LogP contribution in [-0.4, -0.2) is 72.4 Å². The molecular weight excluding hydrogens is 474 g/mol. The van der Waals surface area contributed by atoms with Crippen LogP contribution in [0.4, 0.5) is 4.79 Å². The minimum atomic E-state index is -0.612. The van der Waals surface area contributed by atoms with E-state index in [-0.39, 0.29) is 31.3 Å². The van der Waals surface area contributed by atoms with Gasteiger partial charge < -0.3 is 33.7 Å². The maximum atomic E-state index is 12.9. The summed E-state index contributed by atoms with van der Waals surface area (Å²) in [5.74, 6) is 1.45. The molecule has 2 fully saturated rings. The number of fused-ring (bicyclic) bond motifs is 3.